The lowest BCUT2D eigenvalue weighted by atomic mass is 10.1. The minimum atomic E-state index is -0.140. The van der Waals surface area contributed by atoms with Gasteiger partial charge in [0, 0.05) is 11.1 Å². The minimum absolute atomic E-state index is 0.0462. The largest absolute Gasteiger partial charge is 0.359 e. The third-order valence-corrected chi connectivity index (χ3v) is 2.04. The van der Waals surface area contributed by atoms with E-state index >= 15 is 0 Å². The number of aliphatic imine (C=N–C) groups is 1. The molecule has 0 fully saturated rings. The Balaban J connectivity index is 3.00. The van der Waals surface area contributed by atoms with E-state index < -0.39 is 0 Å². The smallest absolute Gasteiger partial charge is 0.175 e. The molecule has 102 valence electrons. The van der Waals surface area contributed by atoms with Crippen LogP contribution in [-0.4, -0.2) is 16.9 Å². The molecule has 0 aliphatic rings. The van der Waals surface area contributed by atoms with Gasteiger partial charge in [0.05, 0.1) is 5.54 Å². The molecule has 1 aromatic carbocycles. The number of amidine groups is 1. The van der Waals surface area contributed by atoms with E-state index in [9.17, 15) is 0 Å². The lowest BCUT2D eigenvalue weighted by Crippen LogP contribution is -2.41. The Kier molecular flexibility index (Phi) is 4.78. The molecule has 19 heavy (non-hydrogen) atoms. The molecule has 0 saturated heterocycles. The molecule has 1 N–H and O–H groups in total. The first-order valence-electron chi connectivity index (χ1n) is 6.61. The molecule has 0 aromatic heterocycles. The highest BCUT2D eigenvalue weighted by Gasteiger charge is 2.14. The van der Waals surface area contributed by atoms with E-state index in [0.717, 1.165) is 11.4 Å². The van der Waals surface area contributed by atoms with Gasteiger partial charge >= 0.3 is 0 Å². The second-order valence-electron chi connectivity index (χ2n) is 6.62. The Morgan fingerprint density at radius 2 is 1.58 bits per heavy atom. The van der Waals surface area contributed by atoms with Gasteiger partial charge in [0.2, 0.25) is 0 Å². The van der Waals surface area contributed by atoms with E-state index in [1.165, 1.54) is 0 Å². The van der Waals surface area contributed by atoms with E-state index in [2.05, 4.69) is 63.7 Å². The van der Waals surface area contributed by atoms with Crippen molar-refractivity contribution >= 4 is 5.84 Å². The van der Waals surface area contributed by atoms with E-state index in [0.29, 0.717) is 0 Å². The zero-order valence-corrected chi connectivity index (χ0v) is 12.8. The van der Waals surface area contributed by atoms with Crippen LogP contribution in [0, 0.1) is 11.8 Å². The highest BCUT2D eigenvalue weighted by Crippen LogP contribution is 2.08. The summed E-state index contributed by atoms with van der Waals surface area (Å²) >= 11 is 0. The van der Waals surface area contributed by atoms with Gasteiger partial charge in [-0.05, 0) is 59.6 Å². The van der Waals surface area contributed by atoms with Crippen LogP contribution in [0.3, 0.4) is 0 Å². The topological polar surface area (TPSA) is 24.4 Å². The maximum atomic E-state index is 4.64. The zero-order chi connectivity index (χ0) is 14.5. The van der Waals surface area contributed by atoms with Crippen LogP contribution in [0.5, 0.6) is 0 Å². The van der Waals surface area contributed by atoms with Crippen LogP contribution in [-0.2, 0) is 0 Å². The number of hydrogen-bond donors (Lipinski definition) is 1. The average molecular weight is 256 g/mol. The number of benzene rings is 1. The predicted molar refractivity (Wildman–Crippen MR) is 83.4 cm³/mol. The van der Waals surface area contributed by atoms with Crippen molar-refractivity contribution in [3.8, 4) is 11.8 Å². The summed E-state index contributed by atoms with van der Waals surface area (Å²) in [6.45, 7) is 12.5. The molecule has 1 aromatic rings. The van der Waals surface area contributed by atoms with Crippen molar-refractivity contribution in [2.75, 3.05) is 0 Å². The zero-order valence-electron chi connectivity index (χ0n) is 12.8. The maximum Gasteiger partial charge on any atom is 0.175 e. The van der Waals surface area contributed by atoms with E-state index in [1.807, 2.05) is 30.3 Å². The normalized spacial score (nSPS) is 12.6. The highest BCUT2D eigenvalue weighted by atomic mass is 15.1. The molecule has 0 unspecified atom stereocenters. The van der Waals surface area contributed by atoms with Gasteiger partial charge in [-0.2, -0.15) is 0 Å². The molecule has 0 atom stereocenters. The fourth-order valence-electron chi connectivity index (χ4n) is 1.43. The fraction of sp³-hybridized carbons (Fsp3) is 0.471. The summed E-state index contributed by atoms with van der Waals surface area (Å²) in [7, 11) is 0. The highest BCUT2D eigenvalue weighted by molar-refractivity contribution is 5.99. The lowest BCUT2D eigenvalue weighted by molar-refractivity contribution is 0.503. The van der Waals surface area contributed by atoms with Crippen LogP contribution in [0.1, 0.15) is 47.1 Å². The monoisotopic (exact) mass is 256 g/mol. The van der Waals surface area contributed by atoms with Crippen molar-refractivity contribution < 1.29 is 0 Å². The molecule has 2 nitrogen and oxygen atoms in total. The predicted octanol–water partition coefficient (Wildman–Crippen LogP) is 3.62. The molecule has 0 amide bonds. The summed E-state index contributed by atoms with van der Waals surface area (Å²) in [4.78, 5) is 4.64. The van der Waals surface area contributed by atoms with Crippen molar-refractivity contribution in [1.29, 1.82) is 0 Å². The molecule has 0 bridgehead atoms. The Morgan fingerprint density at radius 1 is 1.00 bits per heavy atom. The quantitative estimate of drug-likeness (QED) is 0.428. The van der Waals surface area contributed by atoms with Gasteiger partial charge in [0.25, 0.3) is 0 Å². The number of nitrogens with one attached hydrogen (secondary N) is 1. The van der Waals surface area contributed by atoms with Crippen molar-refractivity contribution in [3.63, 3.8) is 0 Å². The van der Waals surface area contributed by atoms with Crippen LogP contribution in [0.2, 0.25) is 0 Å². The average Bonchev–Trinajstić information content (AvgIpc) is 2.23. The maximum absolute atomic E-state index is 4.64. The van der Waals surface area contributed by atoms with Gasteiger partial charge in [-0.3, -0.25) is 4.99 Å². The number of hydrogen-bond acceptors (Lipinski definition) is 1. The van der Waals surface area contributed by atoms with Crippen LogP contribution in [0.4, 0.5) is 0 Å². The molecule has 0 radical (unpaired) electrons. The molecular weight excluding hydrogens is 232 g/mol. The van der Waals surface area contributed by atoms with Crippen LogP contribution >= 0.6 is 0 Å². The van der Waals surface area contributed by atoms with Gasteiger partial charge < -0.3 is 5.32 Å². The van der Waals surface area contributed by atoms with E-state index in [4.69, 9.17) is 0 Å². The SMILES string of the molecule is CC(C)(C)N=C(C#Cc1ccccc1)NC(C)(C)C. The Morgan fingerprint density at radius 3 is 2.05 bits per heavy atom. The summed E-state index contributed by atoms with van der Waals surface area (Å²) in [6, 6.07) is 9.96. The first-order valence-corrected chi connectivity index (χ1v) is 6.61. The van der Waals surface area contributed by atoms with Crippen LogP contribution < -0.4 is 5.32 Å². The summed E-state index contributed by atoms with van der Waals surface area (Å²) in [5.74, 6) is 7.02. The third kappa shape index (κ3) is 7.31. The second kappa shape index (κ2) is 5.93. The van der Waals surface area contributed by atoms with Crippen LogP contribution in [0.15, 0.2) is 35.3 Å². The molecule has 0 saturated carbocycles. The summed E-state index contributed by atoms with van der Waals surface area (Å²) in [6.07, 6.45) is 0. The standard InChI is InChI=1S/C17H24N2/c1-16(2,3)18-15(19-17(4,5)6)13-12-14-10-8-7-9-11-14/h7-11H,1-6H3,(H,18,19). The minimum Gasteiger partial charge on any atom is -0.359 e. The summed E-state index contributed by atoms with van der Waals surface area (Å²) in [5.41, 5.74) is 0.814. The van der Waals surface area contributed by atoms with Gasteiger partial charge in [0.1, 0.15) is 0 Å². The Hall–Kier alpha value is -1.75. The van der Waals surface area contributed by atoms with Gasteiger partial charge in [-0.25, -0.2) is 0 Å². The Bertz CT molecular complexity index is 488. The summed E-state index contributed by atoms with van der Waals surface area (Å²) < 4.78 is 0. The van der Waals surface area contributed by atoms with Gasteiger partial charge in [0.15, 0.2) is 5.84 Å². The third-order valence-electron chi connectivity index (χ3n) is 2.04. The van der Waals surface area contributed by atoms with Gasteiger partial charge in [-0.15, -0.1) is 0 Å². The Labute approximate surface area is 117 Å². The lowest BCUT2D eigenvalue weighted by Gasteiger charge is -2.23. The molecule has 2 heteroatoms. The van der Waals surface area contributed by atoms with Crippen molar-refractivity contribution in [2.45, 2.75) is 52.6 Å². The van der Waals surface area contributed by atoms with Gasteiger partial charge in [-0.1, -0.05) is 24.1 Å². The second-order valence-corrected chi connectivity index (χ2v) is 6.62. The first kappa shape index (κ1) is 15.3. The molecule has 0 aliphatic carbocycles. The molecule has 1 rings (SSSR count). The van der Waals surface area contributed by atoms with Crippen molar-refractivity contribution in [2.24, 2.45) is 4.99 Å². The molecule has 0 heterocycles. The molecular formula is C17H24N2. The summed E-state index contributed by atoms with van der Waals surface area (Å²) in [5, 5.41) is 3.36. The fourth-order valence-corrected chi connectivity index (χ4v) is 1.43. The van der Waals surface area contributed by atoms with E-state index in [1.54, 1.807) is 0 Å². The van der Waals surface area contributed by atoms with Crippen LogP contribution in [0.25, 0.3) is 0 Å². The van der Waals surface area contributed by atoms with Crippen molar-refractivity contribution in [1.82, 2.24) is 5.32 Å². The molecule has 0 aliphatic heterocycles. The number of nitrogens with zero attached hydrogens (tertiary/aromatic N) is 1. The molecule has 0 spiro atoms. The van der Waals surface area contributed by atoms with E-state index in [-0.39, 0.29) is 11.1 Å². The van der Waals surface area contributed by atoms with Crippen molar-refractivity contribution in [3.05, 3.63) is 35.9 Å². The number of rotatable bonds is 0. The first-order chi connectivity index (χ1) is 8.66.